The zero-order chi connectivity index (χ0) is 16.3. The zero-order valence-corrected chi connectivity index (χ0v) is 14.9. The lowest BCUT2D eigenvalue weighted by atomic mass is 10.1. The molecule has 0 aromatic rings. The maximum atomic E-state index is 8.70. The van der Waals surface area contributed by atoms with Gasteiger partial charge in [0, 0.05) is 19.8 Å². The quantitative estimate of drug-likeness (QED) is 0.227. The fraction of sp³-hybridized carbons (Fsp3) is 0.895. The smallest absolute Gasteiger partial charge is 0.157 e. The first kappa shape index (κ1) is 21.6. The van der Waals surface area contributed by atoms with Crippen molar-refractivity contribution in [2.24, 2.45) is 0 Å². The molecule has 0 saturated carbocycles. The van der Waals surface area contributed by atoms with Crippen molar-refractivity contribution in [3.8, 4) is 0 Å². The molecule has 0 rings (SSSR count). The van der Waals surface area contributed by atoms with E-state index in [-0.39, 0.29) is 12.9 Å². The second-order valence-electron chi connectivity index (χ2n) is 5.85. The molecule has 0 unspecified atom stereocenters. The Balaban J connectivity index is 3.74. The molecule has 0 atom stereocenters. The monoisotopic (exact) mass is 314 g/mol. The molecule has 22 heavy (non-hydrogen) atoms. The summed E-state index contributed by atoms with van der Waals surface area (Å²) in [5.74, 6) is 0. The van der Waals surface area contributed by atoms with E-state index in [1.54, 1.807) is 0 Å². The van der Waals surface area contributed by atoms with Crippen LogP contribution in [0.5, 0.6) is 0 Å². The first-order chi connectivity index (χ1) is 10.8. The second-order valence-corrected chi connectivity index (χ2v) is 5.85. The zero-order valence-electron chi connectivity index (χ0n) is 14.9. The summed E-state index contributed by atoms with van der Waals surface area (Å²) in [4.78, 5) is 0. The van der Waals surface area contributed by atoms with E-state index in [1.807, 2.05) is 0 Å². The predicted molar refractivity (Wildman–Crippen MR) is 94.1 cm³/mol. The molecule has 0 bridgehead atoms. The van der Waals surface area contributed by atoms with Gasteiger partial charge in [0.25, 0.3) is 0 Å². The summed E-state index contributed by atoms with van der Waals surface area (Å²) in [7, 11) is 0. The van der Waals surface area contributed by atoms with Crippen molar-refractivity contribution < 1.29 is 14.6 Å². The Morgan fingerprint density at radius 1 is 0.773 bits per heavy atom. The molecule has 0 aromatic heterocycles. The minimum absolute atomic E-state index is 0.0184. The Kier molecular flexibility index (Phi) is 18.3. The normalized spacial score (nSPS) is 11.8. The van der Waals surface area contributed by atoms with Gasteiger partial charge in [-0.15, -0.1) is 0 Å². The number of aliphatic hydroxyl groups is 1. The minimum Gasteiger partial charge on any atom is -0.396 e. The highest BCUT2D eigenvalue weighted by Gasteiger charge is 2.08. The molecule has 0 aliphatic carbocycles. The van der Waals surface area contributed by atoms with Crippen molar-refractivity contribution >= 4 is 0 Å². The van der Waals surface area contributed by atoms with Crippen molar-refractivity contribution in [3.05, 3.63) is 12.2 Å². The largest absolute Gasteiger partial charge is 0.396 e. The van der Waals surface area contributed by atoms with Crippen molar-refractivity contribution in [1.29, 1.82) is 0 Å². The van der Waals surface area contributed by atoms with Gasteiger partial charge >= 0.3 is 0 Å². The molecule has 0 aromatic carbocycles. The third-order valence-electron chi connectivity index (χ3n) is 3.63. The fourth-order valence-corrected chi connectivity index (χ4v) is 2.23. The molecule has 3 heteroatoms. The number of hydrogen-bond donors (Lipinski definition) is 1. The van der Waals surface area contributed by atoms with Gasteiger partial charge in [-0.25, -0.2) is 0 Å². The predicted octanol–water partition coefficient (Wildman–Crippen LogP) is 5.23. The minimum atomic E-state index is -0.0184. The molecule has 0 spiro atoms. The van der Waals surface area contributed by atoms with Crippen LogP contribution in [-0.2, 0) is 9.47 Å². The van der Waals surface area contributed by atoms with E-state index in [9.17, 15) is 0 Å². The van der Waals surface area contributed by atoms with E-state index in [1.165, 1.54) is 25.7 Å². The van der Waals surface area contributed by atoms with Gasteiger partial charge in [0.1, 0.15) is 0 Å². The summed E-state index contributed by atoms with van der Waals surface area (Å²) in [6.07, 6.45) is 16.5. The van der Waals surface area contributed by atoms with Gasteiger partial charge in [0.05, 0.1) is 0 Å². The first-order valence-electron chi connectivity index (χ1n) is 9.34. The molecule has 0 fully saturated rings. The van der Waals surface area contributed by atoms with Crippen LogP contribution in [0.25, 0.3) is 0 Å². The lowest BCUT2D eigenvalue weighted by molar-refractivity contribution is -0.147. The molecule has 0 aliphatic rings. The van der Waals surface area contributed by atoms with Gasteiger partial charge in [-0.2, -0.15) is 0 Å². The van der Waals surface area contributed by atoms with E-state index >= 15 is 0 Å². The van der Waals surface area contributed by atoms with Gasteiger partial charge in [-0.1, -0.05) is 51.7 Å². The van der Waals surface area contributed by atoms with Crippen molar-refractivity contribution in [3.63, 3.8) is 0 Å². The number of aliphatic hydroxyl groups excluding tert-OH is 1. The van der Waals surface area contributed by atoms with Crippen LogP contribution in [0, 0.1) is 0 Å². The first-order valence-corrected chi connectivity index (χ1v) is 9.34. The van der Waals surface area contributed by atoms with Crippen molar-refractivity contribution in [2.45, 2.75) is 90.8 Å². The number of rotatable bonds is 17. The average Bonchev–Trinajstić information content (AvgIpc) is 2.53. The number of ether oxygens (including phenoxy) is 2. The standard InChI is InChI=1S/C19H38O3/c1-3-5-13-17-21-19(22-18-14-6-4-2)15-11-9-7-8-10-12-16-20/h8,10,19-20H,3-7,9,11-18H2,1-2H3/b10-8-. The summed E-state index contributed by atoms with van der Waals surface area (Å²) in [6, 6.07) is 0. The van der Waals surface area contributed by atoms with Gasteiger partial charge in [0.15, 0.2) is 6.29 Å². The molecule has 0 radical (unpaired) electrons. The summed E-state index contributed by atoms with van der Waals surface area (Å²) >= 11 is 0. The van der Waals surface area contributed by atoms with Crippen LogP contribution in [0.2, 0.25) is 0 Å². The van der Waals surface area contributed by atoms with Crippen molar-refractivity contribution in [2.75, 3.05) is 19.8 Å². The van der Waals surface area contributed by atoms with Gasteiger partial charge in [0.2, 0.25) is 0 Å². The molecule has 0 heterocycles. The summed E-state index contributed by atoms with van der Waals surface area (Å²) < 4.78 is 11.8. The Labute approximate surface area is 138 Å². The van der Waals surface area contributed by atoms with Crippen LogP contribution < -0.4 is 0 Å². The van der Waals surface area contributed by atoms with E-state index in [0.29, 0.717) is 0 Å². The number of unbranched alkanes of at least 4 members (excludes halogenated alkanes) is 6. The molecule has 0 amide bonds. The SMILES string of the molecule is CCCCCOC(CCCC/C=C\CCO)OCCCCC. The molecule has 0 saturated heterocycles. The van der Waals surface area contributed by atoms with Crippen LogP contribution in [0.4, 0.5) is 0 Å². The molecular formula is C19H38O3. The molecule has 132 valence electrons. The molecular weight excluding hydrogens is 276 g/mol. The van der Waals surface area contributed by atoms with Gasteiger partial charge in [-0.05, 0) is 44.9 Å². The second kappa shape index (κ2) is 18.7. The lowest BCUT2D eigenvalue weighted by Gasteiger charge is -2.18. The van der Waals surface area contributed by atoms with Crippen LogP contribution in [-0.4, -0.2) is 31.2 Å². The van der Waals surface area contributed by atoms with Gasteiger partial charge in [-0.3, -0.25) is 0 Å². The molecule has 3 nitrogen and oxygen atoms in total. The molecule has 0 aliphatic heterocycles. The van der Waals surface area contributed by atoms with Crippen LogP contribution in [0.15, 0.2) is 12.2 Å². The maximum absolute atomic E-state index is 8.70. The highest BCUT2D eigenvalue weighted by atomic mass is 16.7. The maximum Gasteiger partial charge on any atom is 0.157 e. The van der Waals surface area contributed by atoms with Gasteiger partial charge < -0.3 is 14.6 Å². The lowest BCUT2D eigenvalue weighted by Crippen LogP contribution is -2.19. The average molecular weight is 315 g/mol. The van der Waals surface area contributed by atoms with Crippen molar-refractivity contribution in [1.82, 2.24) is 0 Å². The van der Waals surface area contributed by atoms with E-state index in [0.717, 1.165) is 58.2 Å². The number of hydrogen-bond acceptors (Lipinski definition) is 3. The Morgan fingerprint density at radius 3 is 1.91 bits per heavy atom. The third kappa shape index (κ3) is 16.0. The third-order valence-corrected chi connectivity index (χ3v) is 3.63. The molecule has 1 N–H and O–H groups in total. The van der Waals surface area contributed by atoms with Crippen LogP contribution in [0.1, 0.15) is 84.5 Å². The summed E-state index contributed by atoms with van der Waals surface area (Å²) in [6.45, 7) is 6.31. The van der Waals surface area contributed by atoms with Crippen LogP contribution in [0.3, 0.4) is 0 Å². The Morgan fingerprint density at radius 2 is 1.36 bits per heavy atom. The Hall–Kier alpha value is -0.380. The van der Waals surface area contributed by atoms with E-state index in [2.05, 4.69) is 26.0 Å². The highest BCUT2D eigenvalue weighted by molar-refractivity contribution is 4.80. The topological polar surface area (TPSA) is 38.7 Å². The fourth-order valence-electron chi connectivity index (χ4n) is 2.23. The Bertz CT molecular complexity index is 217. The van der Waals surface area contributed by atoms with Crippen LogP contribution >= 0.6 is 0 Å². The highest BCUT2D eigenvalue weighted by Crippen LogP contribution is 2.11. The number of allylic oxidation sites excluding steroid dienone is 1. The van der Waals surface area contributed by atoms with E-state index < -0.39 is 0 Å². The summed E-state index contributed by atoms with van der Waals surface area (Å²) in [5, 5.41) is 8.70. The van der Waals surface area contributed by atoms with E-state index in [4.69, 9.17) is 14.6 Å². The summed E-state index contributed by atoms with van der Waals surface area (Å²) in [5.41, 5.74) is 0.